The van der Waals surface area contributed by atoms with Crippen LogP contribution in [-0.4, -0.2) is 33.7 Å². The second-order valence-corrected chi connectivity index (χ2v) is 6.37. The second-order valence-electron chi connectivity index (χ2n) is 5.36. The third kappa shape index (κ3) is 3.39. The Bertz CT molecular complexity index is 1020. The molecule has 3 rings (SSSR count). The van der Waals surface area contributed by atoms with E-state index in [1.54, 1.807) is 12.1 Å². The lowest BCUT2D eigenvalue weighted by Gasteiger charge is -2.22. The molecule has 0 saturated heterocycles. The highest BCUT2D eigenvalue weighted by Gasteiger charge is 2.11. The number of thiazole rings is 1. The molecule has 0 unspecified atom stereocenters. The number of rotatable bonds is 5. The van der Waals surface area contributed by atoms with Crippen molar-refractivity contribution in [2.24, 2.45) is 0 Å². The van der Waals surface area contributed by atoms with Gasteiger partial charge in [0.05, 0.1) is 4.53 Å². The van der Waals surface area contributed by atoms with Crippen molar-refractivity contribution in [3.05, 3.63) is 45.0 Å². The van der Waals surface area contributed by atoms with Crippen molar-refractivity contribution >= 4 is 34.0 Å². The van der Waals surface area contributed by atoms with Crippen LogP contribution in [0, 0.1) is 0 Å². The molecule has 0 N–H and O–H groups in total. The molecule has 0 fully saturated rings. The van der Waals surface area contributed by atoms with E-state index in [1.807, 2.05) is 12.1 Å². The van der Waals surface area contributed by atoms with Gasteiger partial charge in [0.2, 0.25) is 4.96 Å². The maximum atomic E-state index is 12.4. The topological polar surface area (TPSA) is 76.8 Å². The lowest BCUT2D eigenvalue weighted by Crippen LogP contribution is -2.24. The second kappa shape index (κ2) is 7.02. The van der Waals surface area contributed by atoms with Crippen LogP contribution in [-0.2, 0) is 4.79 Å². The Morgan fingerprint density at radius 1 is 1.36 bits per heavy atom. The van der Waals surface area contributed by atoms with Gasteiger partial charge >= 0.3 is 5.97 Å². The predicted molar refractivity (Wildman–Crippen MR) is 97.2 cm³/mol. The molecule has 130 valence electrons. The third-order valence-corrected chi connectivity index (χ3v) is 4.76. The SMILES string of the molecule is CCN(CC)c1ccc(OC(C)=O)c(/C=c2/sc3ncnn3c2=O)c1. The van der Waals surface area contributed by atoms with E-state index >= 15 is 0 Å². The van der Waals surface area contributed by atoms with Crippen molar-refractivity contribution in [2.45, 2.75) is 20.8 Å². The predicted octanol–water partition coefficient (Wildman–Crippen LogP) is 1.47. The largest absolute Gasteiger partial charge is 0.426 e. The van der Waals surface area contributed by atoms with Gasteiger partial charge in [-0.1, -0.05) is 11.3 Å². The molecule has 0 atom stereocenters. The molecule has 2 aromatic heterocycles. The van der Waals surface area contributed by atoms with E-state index in [2.05, 4.69) is 28.8 Å². The summed E-state index contributed by atoms with van der Waals surface area (Å²) in [5.41, 5.74) is 1.43. The molecular formula is C17H18N4O3S. The number of ether oxygens (including phenoxy) is 1. The molecule has 0 amide bonds. The normalized spacial score (nSPS) is 11.9. The molecule has 2 heterocycles. The molecule has 0 bridgehead atoms. The maximum Gasteiger partial charge on any atom is 0.308 e. The van der Waals surface area contributed by atoms with Crippen LogP contribution in [0.5, 0.6) is 5.75 Å². The number of carbonyl (C=O) groups is 1. The molecule has 0 aliphatic heterocycles. The van der Waals surface area contributed by atoms with Crippen molar-refractivity contribution in [3.8, 4) is 5.75 Å². The molecule has 0 aliphatic carbocycles. The van der Waals surface area contributed by atoms with E-state index in [0.29, 0.717) is 20.8 Å². The Labute approximate surface area is 148 Å². The molecule has 7 nitrogen and oxygen atoms in total. The van der Waals surface area contributed by atoms with E-state index in [1.165, 1.54) is 29.1 Å². The fourth-order valence-electron chi connectivity index (χ4n) is 2.60. The Hall–Kier alpha value is -2.74. The summed E-state index contributed by atoms with van der Waals surface area (Å²) in [6.45, 7) is 7.20. The van der Waals surface area contributed by atoms with Gasteiger partial charge in [0.1, 0.15) is 12.1 Å². The van der Waals surface area contributed by atoms with Gasteiger partial charge in [0.15, 0.2) is 0 Å². The summed E-state index contributed by atoms with van der Waals surface area (Å²) in [6.07, 6.45) is 3.07. The van der Waals surface area contributed by atoms with Crippen molar-refractivity contribution in [1.29, 1.82) is 0 Å². The minimum atomic E-state index is -0.407. The quantitative estimate of drug-likeness (QED) is 0.508. The number of esters is 1. The molecule has 0 spiro atoms. The highest BCUT2D eigenvalue weighted by atomic mass is 32.1. The number of carbonyl (C=O) groups excluding carboxylic acids is 1. The van der Waals surface area contributed by atoms with Gasteiger partial charge in [-0.3, -0.25) is 9.59 Å². The van der Waals surface area contributed by atoms with Crippen molar-refractivity contribution < 1.29 is 9.53 Å². The lowest BCUT2D eigenvalue weighted by atomic mass is 10.1. The van der Waals surface area contributed by atoms with Gasteiger partial charge in [-0.05, 0) is 38.1 Å². The van der Waals surface area contributed by atoms with E-state index in [-0.39, 0.29) is 5.56 Å². The molecule has 3 aromatic rings. The van der Waals surface area contributed by atoms with Gasteiger partial charge in [0.25, 0.3) is 5.56 Å². The third-order valence-electron chi connectivity index (χ3n) is 3.78. The summed E-state index contributed by atoms with van der Waals surface area (Å²) >= 11 is 1.25. The summed E-state index contributed by atoms with van der Waals surface area (Å²) in [7, 11) is 0. The fraction of sp³-hybridized carbons (Fsp3) is 0.294. The van der Waals surface area contributed by atoms with E-state index in [0.717, 1.165) is 18.8 Å². The summed E-state index contributed by atoms with van der Waals surface area (Å²) in [4.78, 5) is 30.5. The molecular weight excluding hydrogens is 340 g/mol. The summed E-state index contributed by atoms with van der Waals surface area (Å²) in [5.74, 6) is 0.0111. The maximum absolute atomic E-state index is 12.4. The van der Waals surface area contributed by atoms with Crippen LogP contribution in [0.2, 0.25) is 0 Å². The Morgan fingerprint density at radius 2 is 2.12 bits per heavy atom. The first-order chi connectivity index (χ1) is 12.0. The first-order valence-electron chi connectivity index (χ1n) is 7.95. The van der Waals surface area contributed by atoms with Crippen molar-refractivity contribution in [2.75, 3.05) is 18.0 Å². The molecule has 0 aliphatic rings. The summed E-state index contributed by atoms with van der Waals surface area (Å²) < 4.78 is 7.04. The van der Waals surface area contributed by atoms with E-state index in [4.69, 9.17) is 4.74 Å². The molecule has 25 heavy (non-hydrogen) atoms. The number of anilines is 1. The van der Waals surface area contributed by atoms with Gasteiger partial charge in [-0.15, -0.1) is 0 Å². The lowest BCUT2D eigenvalue weighted by molar-refractivity contribution is -0.131. The average molecular weight is 358 g/mol. The highest BCUT2D eigenvalue weighted by Crippen LogP contribution is 2.26. The van der Waals surface area contributed by atoms with Crippen LogP contribution >= 0.6 is 11.3 Å². The number of fused-ring (bicyclic) bond motifs is 1. The number of aromatic nitrogens is 3. The summed E-state index contributed by atoms with van der Waals surface area (Å²) in [6, 6.07) is 5.58. The number of hydrogen-bond donors (Lipinski definition) is 0. The molecule has 0 radical (unpaired) electrons. The molecule has 8 heteroatoms. The van der Waals surface area contributed by atoms with Crippen LogP contribution in [0.3, 0.4) is 0 Å². The summed E-state index contributed by atoms with van der Waals surface area (Å²) in [5, 5.41) is 3.91. The van der Waals surface area contributed by atoms with Gasteiger partial charge in [-0.25, -0.2) is 4.98 Å². The first-order valence-corrected chi connectivity index (χ1v) is 8.76. The number of hydrogen-bond acceptors (Lipinski definition) is 7. The van der Waals surface area contributed by atoms with Crippen LogP contribution in [0.25, 0.3) is 11.0 Å². The first kappa shape index (κ1) is 17.1. The fourth-order valence-corrected chi connectivity index (χ4v) is 3.47. The zero-order valence-corrected chi connectivity index (χ0v) is 15.0. The van der Waals surface area contributed by atoms with Crippen LogP contribution in [0.15, 0.2) is 29.3 Å². The highest BCUT2D eigenvalue weighted by molar-refractivity contribution is 7.15. The van der Waals surface area contributed by atoms with E-state index in [9.17, 15) is 9.59 Å². The van der Waals surface area contributed by atoms with E-state index < -0.39 is 5.97 Å². The zero-order valence-electron chi connectivity index (χ0n) is 14.2. The Balaban J connectivity index is 2.16. The molecule has 1 aromatic carbocycles. The van der Waals surface area contributed by atoms with Gasteiger partial charge < -0.3 is 9.64 Å². The van der Waals surface area contributed by atoms with Crippen molar-refractivity contribution in [3.63, 3.8) is 0 Å². The molecule has 0 saturated carbocycles. The average Bonchev–Trinajstić information content (AvgIpc) is 3.14. The Morgan fingerprint density at radius 3 is 2.76 bits per heavy atom. The van der Waals surface area contributed by atoms with Crippen LogP contribution in [0.1, 0.15) is 26.3 Å². The van der Waals surface area contributed by atoms with Crippen LogP contribution in [0.4, 0.5) is 5.69 Å². The van der Waals surface area contributed by atoms with Crippen LogP contribution < -0.4 is 19.7 Å². The van der Waals surface area contributed by atoms with Gasteiger partial charge in [-0.2, -0.15) is 9.61 Å². The smallest absolute Gasteiger partial charge is 0.308 e. The standard InChI is InChI=1S/C17H18N4O3S/c1-4-20(5-2)13-6-7-14(24-11(3)22)12(8-13)9-15-16(23)21-17(25-15)18-10-19-21/h6-10H,4-5H2,1-3H3/b15-9+. The van der Waals surface area contributed by atoms with Crippen molar-refractivity contribution in [1.82, 2.24) is 14.6 Å². The monoisotopic (exact) mass is 358 g/mol. The number of nitrogens with zero attached hydrogens (tertiary/aromatic N) is 4. The number of benzene rings is 1. The zero-order chi connectivity index (χ0) is 18.0. The Kier molecular flexibility index (Phi) is 4.80. The minimum absolute atomic E-state index is 0.237. The van der Waals surface area contributed by atoms with Gasteiger partial charge in [0, 0.05) is 31.3 Å². The minimum Gasteiger partial charge on any atom is -0.426 e.